The average molecular weight is 401 g/mol. The second-order valence-corrected chi connectivity index (χ2v) is 6.80. The Bertz CT molecular complexity index is 886. The molecule has 1 saturated heterocycles. The monoisotopic (exact) mass is 401 g/mol. The van der Waals surface area contributed by atoms with Crippen molar-refractivity contribution in [1.29, 1.82) is 0 Å². The Balaban J connectivity index is 1.57. The van der Waals surface area contributed by atoms with Gasteiger partial charge in [0.15, 0.2) is 0 Å². The van der Waals surface area contributed by atoms with Gasteiger partial charge in [0, 0.05) is 31.9 Å². The molecule has 8 nitrogen and oxygen atoms in total. The largest absolute Gasteiger partial charge is 0.378 e. The molecule has 0 unspecified atom stereocenters. The molecular weight excluding hydrogens is 377 g/mol. The molecular formula is C20H24FN5O3. The highest BCUT2D eigenvalue weighted by Crippen LogP contribution is 2.14. The lowest BCUT2D eigenvalue weighted by Crippen LogP contribution is -2.39. The predicted molar refractivity (Wildman–Crippen MR) is 105 cm³/mol. The highest BCUT2D eigenvalue weighted by atomic mass is 19.1. The van der Waals surface area contributed by atoms with Gasteiger partial charge >= 0.3 is 0 Å². The zero-order chi connectivity index (χ0) is 20.8. The second-order valence-electron chi connectivity index (χ2n) is 6.80. The Hall–Kier alpha value is -3.07. The number of rotatable bonds is 6. The lowest BCUT2D eigenvalue weighted by Gasteiger charge is -2.28. The molecule has 0 radical (unpaired) electrons. The van der Waals surface area contributed by atoms with E-state index in [1.165, 1.54) is 30.1 Å². The van der Waals surface area contributed by atoms with Crippen LogP contribution in [0, 0.1) is 12.7 Å². The van der Waals surface area contributed by atoms with Crippen LogP contribution in [0.15, 0.2) is 30.3 Å². The Morgan fingerprint density at radius 1 is 1.24 bits per heavy atom. The van der Waals surface area contributed by atoms with E-state index in [-0.39, 0.29) is 24.6 Å². The van der Waals surface area contributed by atoms with Crippen LogP contribution in [0.2, 0.25) is 0 Å². The van der Waals surface area contributed by atoms with Gasteiger partial charge in [-0.25, -0.2) is 14.4 Å². The molecule has 0 aliphatic carbocycles. The minimum atomic E-state index is -0.617. The zero-order valence-electron chi connectivity index (χ0n) is 16.5. The van der Waals surface area contributed by atoms with Crippen molar-refractivity contribution in [3.05, 3.63) is 53.2 Å². The summed E-state index contributed by atoms with van der Waals surface area (Å²) in [5.74, 6) is -0.261. The molecule has 1 fully saturated rings. The Morgan fingerprint density at radius 2 is 1.97 bits per heavy atom. The lowest BCUT2D eigenvalue weighted by atomic mass is 10.2. The summed E-state index contributed by atoms with van der Waals surface area (Å²) >= 11 is 0. The standard InChI is InChI=1S/C20H24FN5O3/c1-14-11-18(26-7-9-29-10-8-26)24-17(23-14)12-22-19(27)13-25(2)20(28)15-5-3-4-6-16(15)21/h3-6,11H,7-10,12-13H2,1-2H3,(H,22,27). The molecule has 0 atom stereocenters. The van der Waals surface area contributed by atoms with Gasteiger partial charge in [-0.05, 0) is 19.1 Å². The van der Waals surface area contributed by atoms with Gasteiger partial charge in [-0.2, -0.15) is 0 Å². The first-order chi connectivity index (χ1) is 13.9. The maximum absolute atomic E-state index is 13.8. The van der Waals surface area contributed by atoms with E-state index in [4.69, 9.17) is 4.74 Å². The third-order valence-corrected chi connectivity index (χ3v) is 4.50. The number of benzene rings is 1. The van der Waals surface area contributed by atoms with Crippen LogP contribution in [0.25, 0.3) is 0 Å². The number of carbonyl (C=O) groups excluding carboxylic acids is 2. The molecule has 1 aromatic heterocycles. The van der Waals surface area contributed by atoms with Crippen molar-refractivity contribution in [3.8, 4) is 0 Å². The number of carbonyl (C=O) groups is 2. The van der Waals surface area contributed by atoms with Crippen molar-refractivity contribution < 1.29 is 18.7 Å². The minimum Gasteiger partial charge on any atom is -0.378 e. The number of likely N-dealkylation sites (N-methyl/N-ethyl adjacent to an activating group) is 1. The number of halogens is 1. The summed E-state index contributed by atoms with van der Waals surface area (Å²) in [5, 5.41) is 2.71. The van der Waals surface area contributed by atoms with Crippen LogP contribution < -0.4 is 10.2 Å². The first kappa shape index (κ1) is 20.7. The number of amides is 2. The number of anilines is 1. The van der Waals surface area contributed by atoms with E-state index in [1.54, 1.807) is 6.07 Å². The van der Waals surface area contributed by atoms with Crippen LogP contribution in [0.5, 0.6) is 0 Å². The lowest BCUT2D eigenvalue weighted by molar-refractivity contribution is -0.121. The summed E-state index contributed by atoms with van der Waals surface area (Å²) in [7, 11) is 1.45. The fourth-order valence-electron chi connectivity index (χ4n) is 3.01. The highest BCUT2D eigenvalue weighted by Gasteiger charge is 2.18. The molecule has 2 heterocycles. The highest BCUT2D eigenvalue weighted by molar-refractivity contribution is 5.96. The number of morpholine rings is 1. The first-order valence-electron chi connectivity index (χ1n) is 9.38. The van der Waals surface area contributed by atoms with Crippen LogP contribution in [-0.4, -0.2) is 66.6 Å². The van der Waals surface area contributed by atoms with Gasteiger partial charge in [-0.3, -0.25) is 9.59 Å². The normalized spacial score (nSPS) is 13.8. The summed E-state index contributed by atoms with van der Waals surface area (Å²) in [5.41, 5.74) is 0.734. The predicted octanol–water partition coefficient (Wildman–Crippen LogP) is 1.15. The third kappa shape index (κ3) is 5.47. The Labute approximate surface area is 168 Å². The molecule has 1 aliphatic heterocycles. The van der Waals surface area contributed by atoms with Crippen LogP contribution in [-0.2, 0) is 16.1 Å². The molecule has 2 aromatic rings. The van der Waals surface area contributed by atoms with Gasteiger partial charge in [0.1, 0.15) is 17.5 Å². The summed E-state index contributed by atoms with van der Waals surface area (Å²) in [4.78, 5) is 36.7. The van der Waals surface area contributed by atoms with E-state index >= 15 is 0 Å². The van der Waals surface area contributed by atoms with Crippen LogP contribution in [0.1, 0.15) is 21.9 Å². The van der Waals surface area contributed by atoms with Crippen LogP contribution >= 0.6 is 0 Å². The van der Waals surface area contributed by atoms with Crippen LogP contribution in [0.3, 0.4) is 0 Å². The topological polar surface area (TPSA) is 87.7 Å². The number of aryl methyl sites for hydroxylation is 1. The molecule has 154 valence electrons. The SMILES string of the molecule is Cc1cc(N2CCOCC2)nc(CNC(=O)CN(C)C(=O)c2ccccc2F)n1. The van der Waals surface area contributed by atoms with E-state index in [2.05, 4.69) is 20.2 Å². The van der Waals surface area contributed by atoms with Gasteiger partial charge in [0.05, 0.1) is 31.9 Å². The number of nitrogens with zero attached hydrogens (tertiary/aromatic N) is 4. The fraction of sp³-hybridized carbons (Fsp3) is 0.400. The smallest absolute Gasteiger partial charge is 0.257 e. The second kappa shape index (κ2) is 9.42. The molecule has 1 aromatic carbocycles. The summed E-state index contributed by atoms with van der Waals surface area (Å²) in [6.07, 6.45) is 0. The molecule has 0 saturated carbocycles. The van der Waals surface area contributed by atoms with Crippen molar-refractivity contribution in [1.82, 2.24) is 20.2 Å². The number of ether oxygens (including phenoxy) is 1. The molecule has 0 bridgehead atoms. The minimum absolute atomic E-state index is 0.0695. The number of nitrogens with one attached hydrogen (secondary N) is 1. The molecule has 29 heavy (non-hydrogen) atoms. The molecule has 3 rings (SSSR count). The summed E-state index contributed by atoms with van der Waals surface area (Å²) in [6, 6.07) is 7.58. The van der Waals surface area contributed by atoms with Gasteiger partial charge in [0.25, 0.3) is 5.91 Å². The number of aromatic nitrogens is 2. The fourth-order valence-corrected chi connectivity index (χ4v) is 3.01. The Kier molecular flexibility index (Phi) is 6.71. The van der Waals surface area contributed by atoms with Gasteiger partial charge in [-0.1, -0.05) is 12.1 Å². The summed E-state index contributed by atoms with van der Waals surface area (Å²) in [6.45, 7) is 4.62. The van der Waals surface area contributed by atoms with Crippen molar-refractivity contribution in [2.45, 2.75) is 13.5 Å². The van der Waals surface area contributed by atoms with Gasteiger partial charge in [0.2, 0.25) is 5.91 Å². The average Bonchev–Trinajstić information content (AvgIpc) is 2.72. The first-order valence-corrected chi connectivity index (χ1v) is 9.38. The zero-order valence-corrected chi connectivity index (χ0v) is 16.5. The molecule has 0 spiro atoms. The van der Waals surface area contributed by atoms with Crippen molar-refractivity contribution in [2.75, 3.05) is 44.8 Å². The molecule has 9 heteroatoms. The van der Waals surface area contributed by atoms with Crippen molar-refractivity contribution in [3.63, 3.8) is 0 Å². The van der Waals surface area contributed by atoms with E-state index in [1.807, 2.05) is 13.0 Å². The number of hydrogen-bond donors (Lipinski definition) is 1. The van der Waals surface area contributed by atoms with Crippen molar-refractivity contribution >= 4 is 17.6 Å². The van der Waals surface area contributed by atoms with Gasteiger partial charge in [-0.15, -0.1) is 0 Å². The third-order valence-electron chi connectivity index (χ3n) is 4.50. The van der Waals surface area contributed by atoms with Gasteiger partial charge < -0.3 is 19.9 Å². The number of hydrogen-bond acceptors (Lipinski definition) is 6. The maximum atomic E-state index is 13.8. The Morgan fingerprint density at radius 3 is 2.69 bits per heavy atom. The van der Waals surface area contributed by atoms with Crippen LogP contribution in [0.4, 0.5) is 10.2 Å². The van der Waals surface area contributed by atoms with E-state index in [0.29, 0.717) is 19.0 Å². The van der Waals surface area contributed by atoms with E-state index in [0.717, 1.165) is 24.6 Å². The quantitative estimate of drug-likeness (QED) is 0.781. The molecule has 1 N–H and O–H groups in total. The summed E-state index contributed by atoms with van der Waals surface area (Å²) < 4.78 is 19.1. The molecule has 1 aliphatic rings. The molecule has 2 amide bonds. The van der Waals surface area contributed by atoms with E-state index in [9.17, 15) is 14.0 Å². The van der Waals surface area contributed by atoms with E-state index < -0.39 is 11.7 Å². The maximum Gasteiger partial charge on any atom is 0.257 e. The van der Waals surface area contributed by atoms with Crippen molar-refractivity contribution in [2.24, 2.45) is 0 Å².